The van der Waals surface area contributed by atoms with Gasteiger partial charge in [0.05, 0.1) is 18.6 Å². The van der Waals surface area contributed by atoms with Crippen LogP contribution in [0, 0.1) is 3.57 Å². The van der Waals surface area contributed by atoms with Crippen LogP contribution in [0.4, 0.5) is 5.69 Å². The van der Waals surface area contributed by atoms with Gasteiger partial charge in [-0.05, 0) is 98.2 Å². The molecule has 4 nitrogen and oxygen atoms in total. The Balaban J connectivity index is 1.80. The molecule has 0 unspecified atom stereocenters. The molecule has 28 heavy (non-hydrogen) atoms. The minimum atomic E-state index is -0.146. The summed E-state index contributed by atoms with van der Waals surface area (Å²) in [6.45, 7) is 6.21. The molecule has 0 aliphatic carbocycles. The molecule has 2 aromatic rings. The molecule has 1 heterocycles. The van der Waals surface area contributed by atoms with E-state index in [1.807, 2.05) is 42.5 Å². The second kappa shape index (κ2) is 9.76. The number of amides is 1. The molecule has 0 atom stereocenters. The molecule has 1 saturated heterocycles. The van der Waals surface area contributed by atoms with E-state index in [-0.39, 0.29) is 5.91 Å². The molecule has 144 valence electrons. The Labute approximate surface area is 190 Å². The van der Waals surface area contributed by atoms with Gasteiger partial charge in [-0.1, -0.05) is 31.7 Å². The maximum absolute atomic E-state index is 12.3. The van der Waals surface area contributed by atoms with Crippen LogP contribution in [0.3, 0.4) is 0 Å². The van der Waals surface area contributed by atoms with Crippen LogP contribution in [0.1, 0.15) is 18.1 Å². The van der Waals surface area contributed by atoms with Crippen LogP contribution >= 0.6 is 50.3 Å². The molecule has 1 N–H and O–H groups in total. The van der Waals surface area contributed by atoms with E-state index in [0.29, 0.717) is 16.7 Å². The third-order valence-corrected chi connectivity index (χ3v) is 6.19. The zero-order chi connectivity index (χ0) is 20.1. The highest BCUT2D eigenvalue weighted by atomic mass is 127. The molecule has 1 fully saturated rings. The average Bonchev–Trinajstić information content (AvgIpc) is 3.00. The fourth-order valence-corrected chi connectivity index (χ4v) is 5.11. The van der Waals surface area contributed by atoms with E-state index in [9.17, 15) is 4.79 Å². The summed E-state index contributed by atoms with van der Waals surface area (Å²) in [5.41, 5.74) is 2.99. The Kier molecular flexibility index (Phi) is 7.36. The first kappa shape index (κ1) is 21.1. The van der Waals surface area contributed by atoms with Crippen molar-refractivity contribution in [2.45, 2.75) is 13.3 Å². The van der Waals surface area contributed by atoms with Crippen LogP contribution in [0.5, 0.6) is 5.75 Å². The number of carbonyl (C=O) groups is 1. The number of halogens is 2. The maximum Gasteiger partial charge on any atom is 0.264 e. The first-order valence-corrected chi connectivity index (χ1v) is 11.3. The van der Waals surface area contributed by atoms with Crippen molar-refractivity contribution in [3.63, 3.8) is 0 Å². The van der Waals surface area contributed by atoms with Gasteiger partial charge in [-0.3, -0.25) is 4.79 Å². The summed E-state index contributed by atoms with van der Waals surface area (Å²) in [5, 5.41) is 3.41. The number of hydrogen-bond donors (Lipinski definition) is 1. The summed E-state index contributed by atoms with van der Waals surface area (Å²) in [6, 6.07) is 11.9. The molecule has 3 rings (SSSR count). The predicted octanol–water partition coefficient (Wildman–Crippen LogP) is 6.07. The predicted molar refractivity (Wildman–Crippen MR) is 129 cm³/mol. The number of aryl methyl sites for hydroxylation is 1. The number of carbonyl (C=O) groups excluding carboxylic acids is 1. The topological polar surface area (TPSA) is 50.7 Å². The average molecular weight is 569 g/mol. The molecular formula is C21H18BrIN2O2S. The Hall–Kier alpha value is -1.58. The molecule has 0 aromatic heterocycles. The standard InChI is InChI=1S/C21H18BrIN2O2S/c1-3-9-27-19-16(22)10-14(11-17(19)23)12-18-20(26)25-21(28-18)24-15-7-5-13(4-2)6-8-15/h3,5-8,10-12H,1,4,9H2,2H3,(H,24,25,26)/b18-12-. The number of ether oxygens (including phenoxy) is 1. The summed E-state index contributed by atoms with van der Waals surface area (Å²) in [4.78, 5) is 17.5. The van der Waals surface area contributed by atoms with E-state index >= 15 is 0 Å². The van der Waals surface area contributed by atoms with Crippen molar-refractivity contribution in [2.75, 3.05) is 6.61 Å². The van der Waals surface area contributed by atoms with Crippen LogP contribution in [-0.4, -0.2) is 17.7 Å². The smallest absolute Gasteiger partial charge is 0.264 e. The lowest BCUT2D eigenvalue weighted by atomic mass is 10.2. The second-order valence-electron chi connectivity index (χ2n) is 5.92. The van der Waals surface area contributed by atoms with Gasteiger partial charge in [0, 0.05) is 0 Å². The molecule has 0 bridgehead atoms. The lowest BCUT2D eigenvalue weighted by molar-refractivity contribution is -0.115. The normalized spacial score (nSPS) is 16.5. The van der Waals surface area contributed by atoms with E-state index in [2.05, 4.69) is 62.3 Å². The van der Waals surface area contributed by atoms with Gasteiger partial charge < -0.3 is 10.1 Å². The van der Waals surface area contributed by atoms with Gasteiger partial charge in [0.25, 0.3) is 5.91 Å². The molecule has 1 aliphatic heterocycles. The minimum absolute atomic E-state index is 0.146. The van der Waals surface area contributed by atoms with Crippen LogP contribution < -0.4 is 10.1 Å². The van der Waals surface area contributed by atoms with Crippen LogP contribution in [0.15, 0.2) is 63.4 Å². The van der Waals surface area contributed by atoms with E-state index in [1.54, 1.807) is 6.08 Å². The highest BCUT2D eigenvalue weighted by Gasteiger charge is 2.24. The number of hydrogen-bond acceptors (Lipinski definition) is 4. The first-order valence-electron chi connectivity index (χ1n) is 8.61. The number of nitrogens with zero attached hydrogens (tertiary/aromatic N) is 1. The number of aliphatic imine (C=N–C) groups is 1. The molecule has 1 amide bonds. The van der Waals surface area contributed by atoms with Crippen LogP contribution in [0.2, 0.25) is 0 Å². The first-order chi connectivity index (χ1) is 13.5. The molecule has 0 spiro atoms. The fourth-order valence-electron chi connectivity index (χ4n) is 2.50. The molecule has 0 saturated carbocycles. The third kappa shape index (κ3) is 5.27. The Morgan fingerprint density at radius 1 is 1.32 bits per heavy atom. The summed E-state index contributed by atoms with van der Waals surface area (Å²) < 4.78 is 7.45. The third-order valence-electron chi connectivity index (χ3n) is 3.89. The quantitative estimate of drug-likeness (QED) is 0.261. The Morgan fingerprint density at radius 2 is 2.07 bits per heavy atom. The molecule has 1 aliphatic rings. The van der Waals surface area contributed by atoms with Gasteiger partial charge in [-0.25, -0.2) is 4.99 Å². The van der Waals surface area contributed by atoms with Crippen molar-refractivity contribution in [2.24, 2.45) is 4.99 Å². The fraction of sp³-hybridized carbons (Fsp3) is 0.143. The van der Waals surface area contributed by atoms with Gasteiger partial charge in [0.2, 0.25) is 0 Å². The minimum Gasteiger partial charge on any atom is -0.487 e. The van der Waals surface area contributed by atoms with Crippen molar-refractivity contribution in [3.05, 3.63) is 73.1 Å². The zero-order valence-corrected chi connectivity index (χ0v) is 19.7. The number of amidine groups is 1. The molecule has 7 heteroatoms. The van der Waals surface area contributed by atoms with Crippen molar-refractivity contribution >= 4 is 73.1 Å². The summed E-state index contributed by atoms with van der Waals surface area (Å²) in [5.74, 6) is 0.621. The molecule has 0 radical (unpaired) electrons. The van der Waals surface area contributed by atoms with E-state index < -0.39 is 0 Å². The lowest BCUT2D eigenvalue weighted by Crippen LogP contribution is -2.19. The molecular weight excluding hydrogens is 551 g/mol. The van der Waals surface area contributed by atoms with Gasteiger partial charge in [0.15, 0.2) is 5.17 Å². The Morgan fingerprint density at radius 3 is 2.71 bits per heavy atom. The van der Waals surface area contributed by atoms with Crippen molar-refractivity contribution in [1.82, 2.24) is 5.32 Å². The van der Waals surface area contributed by atoms with Gasteiger partial charge in [-0.2, -0.15) is 0 Å². The second-order valence-corrected chi connectivity index (χ2v) is 8.96. The SMILES string of the molecule is C=CCOc1c(Br)cc(/C=C2\SC(=Nc3ccc(CC)cc3)NC2=O)cc1I. The maximum atomic E-state index is 12.3. The number of nitrogens with one attached hydrogen (secondary N) is 1. The van der Waals surface area contributed by atoms with E-state index in [0.717, 1.165) is 31.5 Å². The lowest BCUT2D eigenvalue weighted by Gasteiger charge is -2.09. The van der Waals surface area contributed by atoms with E-state index in [1.165, 1.54) is 17.3 Å². The van der Waals surface area contributed by atoms with Gasteiger partial charge >= 0.3 is 0 Å². The van der Waals surface area contributed by atoms with Crippen molar-refractivity contribution in [1.29, 1.82) is 0 Å². The zero-order valence-electron chi connectivity index (χ0n) is 15.2. The number of benzene rings is 2. The van der Waals surface area contributed by atoms with Crippen molar-refractivity contribution in [3.8, 4) is 5.75 Å². The Bertz CT molecular complexity index is 948. The van der Waals surface area contributed by atoms with Gasteiger partial charge in [-0.15, -0.1) is 0 Å². The monoisotopic (exact) mass is 568 g/mol. The molecule has 2 aromatic carbocycles. The highest BCUT2D eigenvalue weighted by molar-refractivity contribution is 14.1. The van der Waals surface area contributed by atoms with Crippen molar-refractivity contribution < 1.29 is 9.53 Å². The van der Waals surface area contributed by atoms with Crippen LogP contribution in [-0.2, 0) is 11.2 Å². The number of rotatable bonds is 6. The highest BCUT2D eigenvalue weighted by Crippen LogP contribution is 2.34. The number of thioether (sulfide) groups is 1. The van der Waals surface area contributed by atoms with Crippen LogP contribution in [0.25, 0.3) is 6.08 Å². The summed E-state index contributed by atoms with van der Waals surface area (Å²) in [6.07, 6.45) is 4.54. The summed E-state index contributed by atoms with van der Waals surface area (Å²) >= 11 is 7.09. The van der Waals surface area contributed by atoms with E-state index in [4.69, 9.17) is 4.74 Å². The van der Waals surface area contributed by atoms with Gasteiger partial charge in [0.1, 0.15) is 12.4 Å². The summed E-state index contributed by atoms with van der Waals surface area (Å²) in [7, 11) is 0. The largest absolute Gasteiger partial charge is 0.487 e.